The molecular weight excluding hydrogens is 334 g/mol. The smallest absolute Gasteiger partial charge is 0.257 e. The molecule has 7 nitrogen and oxygen atoms in total. The number of ether oxygens (including phenoxy) is 2. The van der Waals surface area contributed by atoms with Gasteiger partial charge in [0.2, 0.25) is 12.2 Å². The van der Waals surface area contributed by atoms with E-state index in [1.165, 1.54) is 0 Å². The molecule has 0 bridgehead atoms. The molecule has 0 atom stereocenters. The minimum Gasteiger partial charge on any atom is -0.454 e. The average Bonchev–Trinajstić information content (AvgIpc) is 3.13. The van der Waals surface area contributed by atoms with Crippen molar-refractivity contribution in [1.82, 2.24) is 14.9 Å². The van der Waals surface area contributed by atoms with E-state index in [9.17, 15) is 9.59 Å². The van der Waals surface area contributed by atoms with Crippen LogP contribution in [0.15, 0.2) is 47.7 Å². The maximum Gasteiger partial charge on any atom is 0.257 e. The molecule has 1 aliphatic rings. The Labute approximate surface area is 149 Å². The van der Waals surface area contributed by atoms with Crippen molar-refractivity contribution in [1.29, 1.82) is 0 Å². The molecular formula is C19H17N3O4. The minimum atomic E-state index is -0.416. The topological polar surface area (TPSA) is 82.5 Å². The van der Waals surface area contributed by atoms with Crippen LogP contribution in [0.2, 0.25) is 0 Å². The maximum atomic E-state index is 12.9. The summed E-state index contributed by atoms with van der Waals surface area (Å²) in [5, 5.41) is 3.21. The number of amides is 1. The van der Waals surface area contributed by atoms with Gasteiger partial charge in [0, 0.05) is 37.7 Å². The van der Waals surface area contributed by atoms with Gasteiger partial charge in [-0.2, -0.15) is 0 Å². The van der Waals surface area contributed by atoms with Crippen molar-refractivity contribution in [2.75, 3.05) is 6.79 Å². The van der Waals surface area contributed by atoms with Gasteiger partial charge in [-0.1, -0.05) is 6.07 Å². The lowest BCUT2D eigenvalue weighted by atomic mass is 10.1. The molecule has 0 fully saturated rings. The summed E-state index contributed by atoms with van der Waals surface area (Å²) in [5.41, 5.74) is 1.35. The number of carbonyl (C=O) groups is 1. The predicted octanol–water partition coefficient (Wildman–Crippen LogP) is 2.08. The molecule has 1 aromatic carbocycles. The summed E-state index contributed by atoms with van der Waals surface area (Å²) in [6, 6.07) is 7.08. The highest BCUT2D eigenvalue weighted by Crippen LogP contribution is 2.35. The number of rotatable bonds is 4. The van der Waals surface area contributed by atoms with Crippen LogP contribution in [0.5, 0.6) is 11.5 Å². The third-order valence-corrected chi connectivity index (χ3v) is 4.34. The van der Waals surface area contributed by atoms with E-state index in [1.807, 2.05) is 17.6 Å². The lowest BCUT2D eigenvalue weighted by molar-refractivity contribution is 0.0949. The highest BCUT2D eigenvalue weighted by Gasteiger charge is 2.20. The van der Waals surface area contributed by atoms with Crippen LogP contribution in [0.4, 0.5) is 0 Å². The summed E-state index contributed by atoms with van der Waals surface area (Å²) in [7, 11) is 0. The normalized spacial score (nSPS) is 12.3. The van der Waals surface area contributed by atoms with Crippen molar-refractivity contribution in [3.8, 4) is 11.5 Å². The van der Waals surface area contributed by atoms with Gasteiger partial charge in [0.1, 0.15) is 5.56 Å². The van der Waals surface area contributed by atoms with Crippen LogP contribution in [0.25, 0.3) is 10.9 Å². The Bertz CT molecular complexity index is 1040. The summed E-state index contributed by atoms with van der Waals surface area (Å²) in [5.74, 6) is 0.707. The van der Waals surface area contributed by atoms with Crippen LogP contribution in [0.3, 0.4) is 0 Å². The van der Waals surface area contributed by atoms with E-state index in [2.05, 4.69) is 10.3 Å². The van der Waals surface area contributed by atoms with E-state index < -0.39 is 5.91 Å². The van der Waals surface area contributed by atoms with Crippen molar-refractivity contribution < 1.29 is 14.3 Å². The van der Waals surface area contributed by atoms with Crippen molar-refractivity contribution in [3.63, 3.8) is 0 Å². The number of carbonyl (C=O) groups excluding carboxylic acids is 1. The number of fused-ring (bicyclic) bond motifs is 2. The first-order valence-corrected chi connectivity index (χ1v) is 8.31. The molecule has 0 aliphatic carbocycles. The van der Waals surface area contributed by atoms with Crippen LogP contribution >= 0.6 is 0 Å². The van der Waals surface area contributed by atoms with Gasteiger partial charge in [-0.25, -0.2) is 0 Å². The van der Waals surface area contributed by atoms with Gasteiger partial charge in [0.15, 0.2) is 11.5 Å². The number of nitrogens with one attached hydrogen (secondary N) is 1. The Balaban J connectivity index is 1.73. The summed E-state index contributed by atoms with van der Waals surface area (Å²) < 4.78 is 12.6. The van der Waals surface area contributed by atoms with Gasteiger partial charge >= 0.3 is 0 Å². The summed E-state index contributed by atoms with van der Waals surface area (Å²) >= 11 is 0. The minimum absolute atomic E-state index is 0.0992. The lowest BCUT2D eigenvalue weighted by Gasteiger charge is -2.12. The molecule has 0 spiro atoms. The first kappa shape index (κ1) is 16.1. The Morgan fingerprint density at radius 2 is 2.12 bits per heavy atom. The first-order valence-electron chi connectivity index (χ1n) is 8.31. The first-order chi connectivity index (χ1) is 12.7. The molecule has 0 radical (unpaired) electrons. The molecule has 3 aromatic rings. The van der Waals surface area contributed by atoms with Gasteiger partial charge in [-0.3, -0.25) is 14.6 Å². The number of pyridine rings is 2. The molecule has 3 heterocycles. The van der Waals surface area contributed by atoms with Crippen LogP contribution in [0, 0.1) is 0 Å². The van der Waals surface area contributed by atoms with Crippen molar-refractivity contribution >= 4 is 16.8 Å². The molecule has 132 valence electrons. The second-order valence-corrected chi connectivity index (χ2v) is 5.92. The van der Waals surface area contributed by atoms with Gasteiger partial charge in [0.25, 0.3) is 5.91 Å². The van der Waals surface area contributed by atoms with E-state index in [0.29, 0.717) is 35.5 Å². The SMILES string of the molecule is CCn1cc(C(=O)NCc2cccnc2)c(=O)c2cc3c(cc21)OCO3. The second kappa shape index (κ2) is 6.51. The van der Waals surface area contributed by atoms with E-state index in [1.54, 1.807) is 36.8 Å². The highest BCUT2D eigenvalue weighted by atomic mass is 16.7. The van der Waals surface area contributed by atoms with E-state index in [0.717, 1.165) is 5.56 Å². The fourth-order valence-corrected chi connectivity index (χ4v) is 2.98. The van der Waals surface area contributed by atoms with Crippen molar-refractivity contribution in [2.45, 2.75) is 20.0 Å². The number of benzene rings is 1. The van der Waals surface area contributed by atoms with Crippen LogP contribution in [-0.2, 0) is 13.1 Å². The summed E-state index contributed by atoms with van der Waals surface area (Å²) in [6.45, 7) is 2.99. The molecule has 0 unspecified atom stereocenters. The number of hydrogen-bond acceptors (Lipinski definition) is 5. The second-order valence-electron chi connectivity index (χ2n) is 5.92. The van der Waals surface area contributed by atoms with Gasteiger partial charge in [-0.15, -0.1) is 0 Å². The Morgan fingerprint density at radius 3 is 2.85 bits per heavy atom. The Hall–Kier alpha value is -3.35. The highest BCUT2D eigenvalue weighted by molar-refractivity contribution is 5.97. The summed E-state index contributed by atoms with van der Waals surface area (Å²) in [4.78, 5) is 29.5. The van der Waals surface area contributed by atoms with E-state index in [4.69, 9.17) is 9.47 Å². The zero-order valence-electron chi connectivity index (χ0n) is 14.2. The molecule has 2 aromatic heterocycles. The zero-order valence-corrected chi connectivity index (χ0v) is 14.2. The Morgan fingerprint density at radius 1 is 1.31 bits per heavy atom. The van der Waals surface area contributed by atoms with E-state index >= 15 is 0 Å². The number of aromatic nitrogens is 2. The predicted molar refractivity (Wildman–Crippen MR) is 95.4 cm³/mol. The largest absolute Gasteiger partial charge is 0.454 e. The summed E-state index contributed by atoms with van der Waals surface area (Å²) in [6.07, 6.45) is 4.93. The van der Waals surface area contributed by atoms with Crippen molar-refractivity contribution in [3.05, 3.63) is 64.2 Å². The number of hydrogen-bond donors (Lipinski definition) is 1. The third kappa shape index (κ3) is 2.77. The molecule has 1 aliphatic heterocycles. The van der Waals surface area contributed by atoms with Gasteiger partial charge < -0.3 is 19.4 Å². The molecule has 4 rings (SSSR count). The van der Waals surface area contributed by atoms with Crippen LogP contribution in [0.1, 0.15) is 22.8 Å². The van der Waals surface area contributed by atoms with E-state index in [-0.39, 0.29) is 17.8 Å². The maximum absolute atomic E-state index is 12.9. The Kier molecular flexibility index (Phi) is 4.04. The zero-order chi connectivity index (χ0) is 18.1. The van der Waals surface area contributed by atoms with Gasteiger partial charge in [0.05, 0.1) is 10.9 Å². The fourth-order valence-electron chi connectivity index (χ4n) is 2.98. The molecule has 0 saturated carbocycles. The van der Waals surface area contributed by atoms with Crippen molar-refractivity contribution in [2.24, 2.45) is 0 Å². The molecule has 0 saturated heterocycles. The van der Waals surface area contributed by atoms with Crippen LogP contribution < -0.4 is 20.2 Å². The molecule has 1 amide bonds. The standard InChI is InChI=1S/C19H17N3O4/c1-2-22-10-14(19(24)21-9-12-4-3-5-20-8-12)18(23)13-6-16-17(7-15(13)22)26-11-25-16/h3-8,10H,2,9,11H2,1H3,(H,21,24). The van der Waals surface area contributed by atoms with Gasteiger partial charge in [-0.05, 0) is 24.6 Å². The number of nitrogens with zero attached hydrogens (tertiary/aromatic N) is 2. The number of aryl methyl sites for hydroxylation is 1. The third-order valence-electron chi connectivity index (χ3n) is 4.34. The fraction of sp³-hybridized carbons (Fsp3) is 0.211. The monoisotopic (exact) mass is 351 g/mol. The molecule has 26 heavy (non-hydrogen) atoms. The molecule has 7 heteroatoms. The lowest BCUT2D eigenvalue weighted by Crippen LogP contribution is -2.29. The average molecular weight is 351 g/mol. The quantitative estimate of drug-likeness (QED) is 0.778. The molecule has 1 N–H and O–H groups in total. The van der Waals surface area contributed by atoms with Crippen LogP contribution in [-0.4, -0.2) is 22.3 Å².